The molecule has 0 bridgehead atoms. The summed E-state index contributed by atoms with van der Waals surface area (Å²) in [4.78, 5) is 0. The largest absolute Gasteiger partial charge is 0.314 e. The molecule has 0 saturated heterocycles. The molecule has 0 fully saturated rings. The minimum Gasteiger partial charge on any atom is -0.314 e. The molecule has 0 aromatic heterocycles. The fourth-order valence-corrected chi connectivity index (χ4v) is 4.56. The number of hydrogen-bond donors (Lipinski definition) is 0. The van der Waals surface area contributed by atoms with Crippen molar-refractivity contribution in [1.82, 2.24) is 0 Å². The average molecular weight is 433 g/mol. The van der Waals surface area contributed by atoms with Gasteiger partial charge in [-0.15, -0.1) is 0 Å². The number of rotatable bonds is 8. The van der Waals surface area contributed by atoms with Crippen molar-refractivity contribution in [3.05, 3.63) is 88.9 Å². The molecule has 2 aromatic carbocycles. The van der Waals surface area contributed by atoms with Crippen molar-refractivity contribution < 1.29 is 26.2 Å². The number of allylic oxidation sites excluding steroid dienone is 2. The Morgan fingerprint density at radius 1 is 0.741 bits per heavy atom. The van der Waals surface area contributed by atoms with E-state index >= 15 is 0 Å². The summed E-state index contributed by atoms with van der Waals surface area (Å²) < 4.78 is 0. The second-order valence-corrected chi connectivity index (χ2v) is 7.72. The van der Waals surface area contributed by atoms with E-state index in [0.717, 1.165) is 0 Å². The van der Waals surface area contributed by atoms with Crippen LogP contribution in [0, 0.1) is 5.92 Å². The molecule has 2 aliphatic rings. The van der Waals surface area contributed by atoms with Gasteiger partial charge in [0.05, 0.1) is 0 Å². The van der Waals surface area contributed by atoms with Gasteiger partial charge >= 0.3 is 0 Å². The Bertz CT molecular complexity index is 801. The normalized spacial score (nSPS) is 19.2. The Hall–Kier alpha value is -1.20. The molecule has 0 N–H and O–H groups in total. The van der Waals surface area contributed by atoms with Crippen molar-refractivity contribution in [3.8, 4) is 0 Å². The third-order valence-electron chi connectivity index (χ3n) is 6.16. The molecule has 1 heteroatoms. The van der Waals surface area contributed by atoms with Gasteiger partial charge in [0, 0.05) is 38.0 Å². The van der Waals surface area contributed by atoms with E-state index in [2.05, 4.69) is 79.8 Å². The molecule has 0 aliphatic heterocycles. The van der Waals surface area contributed by atoms with E-state index in [-0.39, 0.29) is 26.2 Å². The molecule has 138 valence electrons. The molecule has 0 amide bonds. The van der Waals surface area contributed by atoms with Crippen LogP contribution in [-0.4, -0.2) is 0 Å². The molecule has 0 spiro atoms. The molecule has 0 nitrogen and oxygen atoms in total. The summed E-state index contributed by atoms with van der Waals surface area (Å²) in [7, 11) is 0. The minimum atomic E-state index is 0. The van der Waals surface area contributed by atoms with Gasteiger partial charge in [-0.25, -0.2) is 0 Å². The van der Waals surface area contributed by atoms with E-state index in [1.807, 2.05) is 0 Å². The summed E-state index contributed by atoms with van der Waals surface area (Å²) >= 11 is 0. The molecule has 2 aliphatic carbocycles. The molecule has 0 saturated carbocycles. The number of hydrogen-bond acceptors (Lipinski definition) is 0. The molecule has 0 radical (unpaired) electrons. The van der Waals surface area contributed by atoms with Gasteiger partial charge in [0.2, 0.25) is 0 Å². The summed E-state index contributed by atoms with van der Waals surface area (Å²) in [6, 6.07) is 17.7. The molecular formula is C26H29Zr-. The minimum absolute atomic E-state index is 0. The van der Waals surface area contributed by atoms with Gasteiger partial charge in [0.1, 0.15) is 0 Å². The van der Waals surface area contributed by atoms with Crippen LogP contribution >= 0.6 is 0 Å². The monoisotopic (exact) mass is 431 g/mol. The first-order valence-corrected chi connectivity index (χ1v) is 10.2. The first-order valence-electron chi connectivity index (χ1n) is 10.2. The first kappa shape index (κ1) is 20.5. The van der Waals surface area contributed by atoms with Crippen LogP contribution in [0.25, 0.3) is 12.2 Å². The molecule has 2 unspecified atom stereocenters. The Labute approximate surface area is 183 Å². The van der Waals surface area contributed by atoms with Crippen LogP contribution < -0.4 is 0 Å². The van der Waals surface area contributed by atoms with Crippen molar-refractivity contribution in [3.63, 3.8) is 0 Å². The quantitative estimate of drug-likeness (QED) is 0.378. The van der Waals surface area contributed by atoms with Gasteiger partial charge < -0.3 is 5.92 Å². The number of benzene rings is 2. The molecular weight excluding hydrogens is 404 g/mol. The van der Waals surface area contributed by atoms with Crippen LogP contribution in [0.5, 0.6) is 0 Å². The maximum atomic E-state index is 2.40. The van der Waals surface area contributed by atoms with E-state index in [1.54, 1.807) is 5.92 Å². The van der Waals surface area contributed by atoms with Crippen LogP contribution in [0.4, 0.5) is 0 Å². The third kappa shape index (κ3) is 4.81. The fourth-order valence-electron chi connectivity index (χ4n) is 4.56. The third-order valence-corrected chi connectivity index (χ3v) is 6.16. The molecule has 0 heterocycles. The van der Waals surface area contributed by atoms with Gasteiger partial charge in [-0.05, 0) is 28.7 Å². The summed E-state index contributed by atoms with van der Waals surface area (Å²) in [6.07, 6.45) is 17.1. The zero-order chi connectivity index (χ0) is 17.8. The zero-order valence-corrected chi connectivity index (χ0v) is 18.8. The topological polar surface area (TPSA) is 0 Å². The van der Waals surface area contributed by atoms with Gasteiger partial charge in [-0.3, -0.25) is 0 Å². The average Bonchev–Trinajstić information content (AvgIpc) is 3.29. The molecule has 27 heavy (non-hydrogen) atoms. The second-order valence-electron chi connectivity index (χ2n) is 7.72. The van der Waals surface area contributed by atoms with Gasteiger partial charge in [-0.1, -0.05) is 92.6 Å². The van der Waals surface area contributed by atoms with E-state index in [0.29, 0.717) is 11.8 Å². The standard InChI is InChI=1S/C26H29.Zr/c1-2-20(14-15-24-19-18-22-10-4-6-13-26(22)24)8-7-11-23-17-16-21-9-3-5-12-25(21)23;/h3-6,9-10,12-13,16-19,23-24H,2,7-8,11,14-15H2,1H3;/q-1;. The van der Waals surface area contributed by atoms with Crippen molar-refractivity contribution in [1.29, 1.82) is 0 Å². The van der Waals surface area contributed by atoms with E-state index < -0.39 is 0 Å². The fraction of sp³-hybridized carbons (Fsp3) is 0.346. The Balaban J connectivity index is 0.00000210. The Morgan fingerprint density at radius 2 is 1.30 bits per heavy atom. The van der Waals surface area contributed by atoms with E-state index in [1.165, 1.54) is 60.8 Å². The molecule has 2 aromatic rings. The van der Waals surface area contributed by atoms with Crippen molar-refractivity contribution in [2.75, 3.05) is 0 Å². The summed E-state index contributed by atoms with van der Waals surface area (Å²) in [6.45, 7) is 2.33. The van der Waals surface area contributed by atoms with Crippen LogP contribution in [0.1, 0.15) is 79.5 Å². The first-order chi connectivity index (χ1) is 12.8. The predicted molar refractivity (Wildman–Crippen MR) is 113 cm³/mol. The maximum Gasteiger partial charge on any atom is 0.00263 e. The van der Waals surface area contributed by atoms with Crippen molar-refractivity contribution >= 4 is 12.2 Å². The summed E-state index contributed by atoms with van der Waals surface area (Å²) in [5.74, 6) is 3.00. The molecule has 2 atom stereocenters. The second kappa shape index (κ2) is 9.83. The van der Waals surface area contributed by atoms with E-state index in [4.69, 9.17) is 0 Å². The predicted octanol–water partition coefficient (Wildman–Crippen LogP) is 7.54. The zero-order valence-electron chi connectivity index (χ0n) is 16.3. The SMILES string of the molecule is CC[C-](CCCC1C=Cc2ccccc21)CCC1C=Cc2ccccc21.[Zr]. The Morgan fingerprint density at radius 3 is 1.89 bits per heavy atom. The van der Waals surface area contributed by atoms with Crippen LogP contribution in [0.15, 0.2) is 60.7 Å². The van der Waals surface area contributed by atoms with Crippen molar-refractivity contribution in [2.45, 2.75) is 57.3 Å². The Kier molecular flexibility index (Phi) is 7.48. The van der Waals surface area contributed by atoms with Crippen LogP contribution in [0.3, 0.4) is 0 Å². The molecule has 4 rings (SSSR count). The summed E-state index contributed by atoms with van der Waals surface area (Å²) in [5.41, 5.74) is 5.89. The number of fused-ring (bicyclic) bond motifs is 2. The van der Waals surface area contributed by atoms with Gasteiger partial charge in [-0.2, -0.15) is 19.3 Å². The van der Waals surface area contributed by atoms with Crippen molar-refractivity contribution in [2.24, 2.45) is 0 Å². The van der Waals surface area contributed by atoms with Crippen LogP contribution in [0.2, 0.25) is 0 Å². The smallest absolute Gasteiger partial charge is 0.00263 e. The van der Waals surface area contributed by atoms with Gasteiger partial charge in [0.25, 0.3) is 0 Å². The van der Waals surface area contributed by atoms with Gasteiger partial charge in [0.15, 0.2) is 0 Å². The summed E-state index contributed by atoms with van der Waals surface area (Å²) in [5, 5.41) is 0. The van der Waals surface area contributed by atoms with E-state index in [9.17, 15) is 0 Å². The van der Waals surface area contributed by atoms with Crippen LogP contribution in [-0.2, 0) is 26.2 Å². The maximum absolute atomic E-state index is 2.40.